The van der Waals surface area contributed by atoms with E-state index in [0.717, 1.165) is 4.73 Å². The molecule has 0 fully saturated rings. The number of aromatic nitrogens is 2. The van der Waals surface area contributed by atoms with E-state index in [0.29, 0.717) is 5.82 Å². The van der Waals surface area contributed by atoms with E-state index >= 15 is 0 Å². The smallest absolute Gasteiger partial charge is 0.283 e. The third kappa shape index (κ3) is 2.06. The predicted octanol–water partition coefficient (Wildman–Crippen LogP) is 1.01. The lowest BCUT2D eigenvalue weighted by molar-refractivity contribution is 0.271. The molecule has 5 nitrogen and oxygen atoms in total. The zero-order valence-electron chi connectivity index (χ0n) is 8.57. The van der Waals surface area contributed by atoms with Crippen molar-refractivity contribution >= 4 is 10.1 Å². The fourth-order valence-corrected chi connectivity index (χ4v) is 2.13. The van der Waals surface area contributed by atoms with Crippen molar-refractivity contribution in [3.05, 3.63) is 48.5 Å². The second-order valence-corrected chi connectivity index (χ2v) is 4.67. The van der Waals surface area contributed by atoms with Crippen molar-refractivity contribution in [2.24, 2.45) is 0 Å². The number of nitrogens with zero attached hydrogens (tertiary/aromatic N) is 2. The zero-order chi connectivity index (χ0) is 11.6. The van der Waals surface area contributed by atoms with Gasteiger partial charge in [0.25, 0.3) is 0 Å². The molecule has 2 rings (SSSR count). The number of rotatable bonds is 3. The minimum atomic E-state index is -3.78. The Bertz CT molecular complexity index is 575. The van der Waals surface area contributed by atoms with Crippen LogP contribution in [-0.4, -0.2) is 18.1 Å². The van der Waals surface area contributed by atoms with Crippen molar-refractivity contribution in [1.82, 2.24) is 9.71 Å². The molecule has 0 unspecified atom stereocenters. The summed E-state index contributed by atoms with van der Waals surface area (Å²) in [6, 6.07) is 7.96. The lowest BCUT2D eigenvalue weighted by Gasteiger charge is -2.07. The monoisotopic (exact) mass is 238 g/mol. The van der Waals surface area contributed by atoms with Gasteiger partial charge in [-0.15, -0.1) is 0 Å². The second kappa shape index (κ2) is 3.97. The van der Waals surface area contributed by atoms with Gasteiger partial charge in [-0.25, -0.2) is 4.98 Å². The van der Waals surface area contributed by atoms with Crippen molar-refractivity contribution in [1.29, 1.82) is 0 Å². The molecule has 0 amide bonds. The molecule has 1 heterocycles. The SMILES string of the molecule is Cc1nccn1OS(=O)(=O)c1ccccc1. The van der Waals surface area contributed by atoms with Crippen LogP contribution < -0.4 is 4.28 Å². The van der Waals surface area contributed by atoms with Crippen LogP contribution in [0.25, 0.3) is 0 Å². The van der Waals surface area contributed by atoms with Gasteiger partial charge in [-0.1, -0.05) is 18.2 Å². The Kier molecular flexibility index (Phi) is 2.66. The van der Waals surface area contributed by atoms with Crippen LogP contribution in [0.4, 0.5) is 0 Å². The van der Waals surface area contributed by atoms with Crippen molar-refractivity contribution in [2.45, 2.75) is 11.8 Å². The summed E-state index contributed by atoms with van der Waals surface area (Å²) >= 11 is 0. The van der Waals surface area contributed by atoms with Gasteiger partial charge in [0.05, 0.1) is 6.20 Å². The molecular weight excluding hydrogens is 228 g/mol. The first kappa shape index (κ1) is 10.7. The molecule has 0 spiro atoms. The highest BCUT2D eigenvalue weighted by Crippen LogP contribution is 2.09. The van der Waals surface area contributed by atoms with Gasteiger partial charge in [-0.2, -0.15) is 13.1 Å². The summed E-state index contributed by atoms with van der Waals surface area (Å²) in [5.41, 5.74) is 0. The molecule has 0 bridgehead atoms. The van der Waals surface area contributed by atoms with Crippen molar-refractivity contribution < 1.29 is 12.7 Å². The van der Waals surface area contributed by atoms with E-state index in [1.54, 1.807) is 25.1 Å². The van der Waals surface area contributed by atoms with Crippen LogP contribution in [0, 0.1) is 6.92 Å². The van der Waals surface area contributed by atoms with Gasteiger partial charge in [0.15, 0.2) is 0 Å². The minimum Gasteiger partial charge on any atom is -0.283 e. The van der Waals surface area contributed by atoms with Gasteiger partial charge in [-0.3, -0.25) is 4.28 Å². The quantitative estimate of drug-likeness (QED) is 0.800. The van der Waals surface area contributed by atoms with Crippen LogP contribution >= 0.6 is 0 Å². The van der Waals surface area contributed by atoms with Crippen LogP contribution in [0.5, 0.6) is 0 Å². The standard InChI is InChI=1S/C10H10N2O3S/c1-9-11-7-8-12(9)15-16(13,14)10-5-3-2-4-6-10/h2-8H,1H3. The van der Waals surface area contributed by atoms with E-state index in [1.807, 2.05) is 0 Å². The highest BCUT2D eigenvalue weighted by Gasteiger charge is 2.16. The van der Waals surface area contributed by atoms with Crippen LogP contribution in [0.1, 0.15) is 5.82 Å². The lowest BCUT2D eigenvalue weighted by Crippen LogP contribution is -2.20. The Balaban J connectivity index is 2.32. The summed E-state index contributed by atoms with van der Waals surface area (Å²) in [4.78, 5) is 3.98. The maximum absolute atomic E-state index is 11.8. The molecule has 0 atom stereocenters. The Morgan fingerprint density at radius 3 is 2.50 bits per heavy atom. The second-order valence-electron chi connectivity index (χ2n) is 3.14. The molecule has 0 radical (unpaired) electrons. The number of aryl methyl sites for hydroxylation is 1. The summed E-state index contributed by atoms with van der Waals surface area (Å²) in [5, 5.41) is 0. The minimum absolute atomic E-state index is 0.114. The normalized spacial score (nSPS) is 11.3. The van der Waals surface area contributed by atoms with E-state index in [4.69, 9.17) is 4.28 Å². The fourth-order valence-electron chi connectivity index (χ4n) is 1.18. The first-order chi connectivity index (χ1) is 7.59. The molecule has 0 aliphatic carbocycles. The molecule has 0 aliphatic rings. The van der Waals surface area contributed by atoms with Crippen LogP contribution in [0.3, 0.4) is 0 Å². The van der Waals surface area contributed by atoms with Gasteiger partial charge >= 0.3 is 10.1 Å². The van der Waals surface area contributed by atoms with Crippen molar-refractivity contribution in [3.8, 4) is 0 Å². The largest absolute Gasteiger partial charge is 0.357 e. The highest BCUT2D eigenvalue weighted by atomic mass is 32.2. The third-order valence-electron chi connectivity index (χ3n) is 1.99. The van der Waals surface area contributed by atoms with Crippen LogP contribution in [-0.2, 0) is 10.1 Å². The molecular formula is C10H10N2O3S. The Hall–Kier alpha value is -1.82. The highest BCUT2D eigenvalue weighted by molar-refractivity contribution is 7.87. The first-order valence-electron chi connectivity index (χ1n) is 4.59. The van der Waals surface area contributed by atoms with E-state index in [2.05, 4.69) is 4.98 Å². The predicted molar refractivity (Wildman–Crippen MR) is 57.2 cm³/mol. The summed E-state index contributed by atoms with van der Waals surface area (Å²) < 4.78 is 29.6. The van der Waals surface area contributed by atoms with Crippen molar-refractivity contribution in [3.63, 3.8) is 0 Å². The van der Waals surface area contributed by atoms with Gasteiger partial charge in [0.2, 0.25) is 0 Å². The van der Waals surface area contributed by atoms with Gasteiger partial charge in [0.1, 0.15) is 10.7 Å². The molecule has 1 aromatic carbocycles. The number of hydrogen-bond donors (Lipinski definition) is 0. The summed E-state index contributed by atoms with van der Waals surface area (Å²) in [5.74, 6) is 0.472. The van der Waals surface area contributed by atoms with E-state index < -0.39 is 10.1 Å². The van der Waals surface area contributed by atoms with Gasteiger partial charge < -0.3 is 0 Å². The van der Waals surface area contributed by atoms with Crippen LogP contribution in [0.2, 0.25) is 0 Å². The average Bonchev–Trinajstić information content (AvgIpc) is 2.65. The molecule has 84 valence electrons. The Morgan fingerprint density at radius 1 is 1.25 bits per heavy atom. The van der Waals surface area contributed by atoms with E-state index in [9.17, 15) is 8.42 Å². The molecule has 2 aromatic rings. The number of hydrogen-bond acceptors (Lipinski definition) is 4. The fraction of sp³-hybridized carbons (Fsp3) is 0.100. The zero-order valence-corrected chi connectivity index (χ0v) is 9.39. The topological polar surface area (TPSA) is 61.2 Å². The summed E-state index contributed by atoms with van der Waals surface area (Å²) in [6.07, 6.45) is 2.91. The summed E-state index contributed by atoms with van der Waals surface area (Å²) in [6.45, 7) is 1.65. The molecule has 0 N–H and O–H groups in total. The van der Waals surface area contributed by atoms with E-state index in [1.165, 1.54) is 24.5 Å². The molecule has 16 heavy (non-hydrogen) atoms. The Labute approximate surface area is 93.4 Å². The van der Waals surface area contributed by atoms with Gasteiger partial charge in [0, 0.05) is 6.20 Å². The van der Waals surface area contributed by atoms with E-state index in [-0.39, 0.29) is 4.90 Å². The third-order valence-corrected chi connectivity index (χ3v) is 3.20. The number of benzene rings is 1. The maximum Gasteiger partial charge on any atom is 0.357 e. The lowest BCUT2D eigenvalue weighted by atomic mass is 10.4. The molecule has 6 heteroatoms. The summed E-state index contributed by atoms with van der Waals surface area (Å²) in [7, 11) is -3.78. The molecule has 0 aliphatic heterocycles. The molecule has 0 saturated heterocycles. The van der Waals surface area contributed by atoms with Crippen molar-refractivity contribution in [2.75, 3.05) is 0 Å². The molecule has 0 saturated carbocycles. The van der Waals surface area contributed by atoms with Gasteiger partial charge in [-0.05, 0) is 19.1 Å². The molecule has 1 aromatic heterocycles. The average molecular weight is 238 g/mol. The maximum atomic E-state index is 11.8. The van der Waals surface area contributed by atoms with Crippen LogP contribution in [0.15, 0.2) is 47.6 Å². The Morgan fingerprint density at radius 2 is 1.94 bits per heavy atom. The first-order valence-corrected chi connectivity index (χ1v) is 6.00. The number of imidazole rings is 1.